The molecule has 10 heteroatoms. The summed E-state index contributed by atoms with van der Waals surface area (Å²) in [5, 5.41) is 3.66. The number of carbonyl (C=O) groups is 2. The number of halogens is 1. The second kappa shape index (κ2) is 14.1. The number of ether oxygens (including phenoxy) is 1. The van der Waals surface area contributed by atoms with Gasteiger partial charge < -0.3 is 15.0 Å². The van der Waals surface area contributed by atoms with Gasteiger partial charge in [0.2, 0.25) is 11.8 Å². The summed E-state index contributed by atoms with van der Waals surface area (Å²) in [5.74, 6) is -0.337. The molecule has 0 spiro atoms. The van der Waals surface area contributed by atoms with Gasteiger partial charge in [0.05, 0.1) is 17.7 Å². The number of hydrogen-bond donors (Lipinski definition) is 1. The van der Waals surface area contributed by atoms with E-state index < -0.39 is 28.5 Å². The van der Waals surface area contributed by atoms with Crippen LogP contribution in [0.15, 0.2) is 77.7 Å². The number of benzene rings is 3. The Kier molecular flexibility index (Phi) is 10.5. The van der Waals surface area contributed by atoms with Crippen LogP contribution >= 0.6 is 11.6 Å². The van der Waals surface area contributed by atoms with E-state index in [1.54, 1.807) is 67.6 Å². The largest absolute Gasteiger partial charge is 0.497 e. The molecule has 1 aliphatic carbocycles. The second-order valence-corrected chi connectivity index (χ2v) is 13.0. The molecule has 3 aromatic carbocycles. The minimum Gasteiger partial charge on any atom is -0.497 e. The predicted molar refractivity (Wildman–Crippen MR) is 165 cm³/mol. The Bertz CT molecular complexity index is 1470. The van der Waals surface area contributed by atoms with Gasteiger partial charge in [0.15, 0.2) is 0 Å². The van der Waals surface area contributed by atoms with Crippen molar-refractivity contribution in [3.05, 3.63) is 88.9 Å². The van der Waals surface area contributed by atoms with Gasteiger partial charge in [-0.15, -0.1) is 0 Å². The molecule has 0 aromatic heterocycles. The van der Waals surface area contributed by atoms with Crippen molar-refractivity contribution >= 4 is 39.1 Å². The fourth-order valence-corrected chi connectivity index (χ4v) is 6.60. The first-order valence-corrected chi connectivity index (χ1v) is 16.0. The van der Waals surface area contributed by atoms with Crippen LogP contribution in [-0.2, 0) is 26.2 Å². The highest BCUT2D eigenvalue weighted by molar-refractivity contribution is 7.92. The van der Waals surface area contributed by atoms with Gasteiger partial charge in [-0.2, -0.15) is 0 Å². The van der Waals surface area contributed by atoms with Crippen LogP contribution in [0.2, 0.25) is 5.02 Å². The van der Waals surface area contributed by atoms with E-state index in [0.717, 1.165) is 47.5 Å². The van der Waals surface area contributed by atoms with E-state index in [1.165, 1.54) is 24.1 Å². The Morgan fingerprint density at radius 1 is 1.00 bits per heavy atom. The Labute approximate surface area is 253 Å². The fourth-order valence-electron chi connectivity index (χ4n) is 5.07. The van der Waals surface area contributed by atoms with Gasteiger partial charge in [0.1, 0.15) is 18.3 Å². The lowest BCUT2D eigenvalue weighted by Gasteiger charge is -2.33. The van der Waals surface area contributed by atoms with E-state index >= 15 is 0 Å². The molecule has 1 aliphatic rings. The number of methoxy groups -OCH3 is 1. The van der Waals surface area contributed by atoms with Crippen molar-refractivity contribution in [2.75, 3.05) is 18.0 Å². The third-order valence-corrected chi connectivity index (χ3v) is 9.65. The quantitative estimate of drug-likeness (QED) is 0.299. The topological polar surface area (TPSA) is 96.0 Å². The van der Waals surface area contributed by atoms with Crippen molar-refractivity contribution in [1.29, 1.82) is 0 Å². The zero-order valence-electron chi connectivity index (χ0n) is 24.3. The van der Waals surface area contributed by atoms with E-state index in [2.05, 4.69) is 5.32 Å². The van der Waals surface area contributed by atoms with E-state index in [4.69, 9.17) is 16.3 Å². The molecule has 0 heterocycles. The lowest BCUT2D eigenvalue weighted by Crippen LogP contribution is -2.53. The van der Waals surface area contributed by atoms with Crippen LogP contribution in [0.25, 0.3) is 0 Å². The molecule has 224 valence electrons. The van der Waals surface area contributed by atoms with Crippen LogP contribution in [-0.4, -0.2) is 50.9 Å². The third kappa shape index (κ3) is 7.83. The first kappa shape index (κ1) is 31.4. The predicted octanol–water partition coefficient (Wildman–Crippen LogP) is 5.72. The Hall–Kier alpha value is -3.56. The molecular formula is C32H38ClN3O5S. The molecule has 0 saturated heterocycles. The van der Waals surface area contributed by atoms with E-state index in [-0.39, 0.29) is 29.1 Å². The molecule has 3 aromatic rings. The van der Waals surface area contributed by atoms with Gasteiger partial charge in [-0.25, -0.2) is 8.42 Å². The van der Waals surface area contributed by atoms with Gasteiger partial charge >= 0.3 is 0 Å². The second-order valence-electron chi connectivity index (χ2n) is 10.7. The fraction of sp³-hybridized carbons (Fsp3) is 0.375. The standard InChI is InChI=1S/C32H38ClN3O5S/c1-23-12-18-30(19-13-23)42(39,40)36(28-10-7-11-29(20-28)41-3)22-31(37)35(21-25-14-16-26(33)17-15-25)24(2)32(38)34-27-8-5-4-6-9-27/h7,10-20,24,27H,4-6,8-9,21-22H2,1-3H3,(H,34,38). The molecule has 1 atom stereocenters. The smallest absolute Gasteiger partial charge is 0.264 e. The summed E-state index contributed by atoms with van der Waals surface area (Å²) < 4.78 is 34.4. The molecule has 0 aliphatic heterocycles. The molecule has 4 rings (SSSR count). The van der Waals surface area contributed by atoms with Crippen molar-refractivity contribution in [2.24, 2.45) is 0 Å². The summed E-state index contributed by atoms with van der Waals surface area (Å²) >= 11 is 6.08. The van der Waals surface area contributed by atoms with Crippen LogP contribution in [0.1, 0.15) is 50.2 Å². The molecule has 1 N–H and O–H groups in total. The van der Waals surface area contributed by atoms with Gasteiger partial charge in [0.25, 0.3) is 10.0 Å². The summed E-state index contributed by atoms with van der Waals surface area (Å²) in [7, 11) is -2.67. The Morgan fingerprint density at radius 3 is 2.31 bits per heavy atom. The number of sulfonamides is 1. The molecule has 1 fully saturated rings. The number of amides is 2. The maximum atomic E-state index is 14.1. The maximum absolute atomic E-state index is 14.1. The summed E-state index contributed by atoms with van der Waals surface area (Å²) in [4.78, 5) is 29.0. The molecular weight excluding hydrogens is 574 g/mol. The lowest BCUT2D eigenvalue weighted by atomic mass is 9.95. The van der Waals surface area contributed by atoms with Crippen LogP contribution in [0.4, 0.5) is 5.69 Å². The van der Waals surface area contributed by atoms with Crippen molar-refractivity contribution < 1.29 is 22.7 Å². The number of nitrogens with zero attached hydrogens (tertiary/aromatic N) is 2. The molecule has 42 heavy (non-hydrogen) atoms. The van der Waals surface area contributed by atoms with Crippen LogP contribution in [0, 0.1) is 6.92 Å². The number of aryl methyl sites for hydroxylation is 1. The maximum Gasteiger partial charge on any atom is 0.264 e. The van der Waals surface area contributed by atoms with Gasteiger partial charge in [0, 0.05) is 23.7 Å². The van der Waals surface area contributed by atoms with Crippen molar-refractivity contribution in [2.45, 2.75) is 69.5 Å². The molecule has 2 amide bonds. The van der Waals surface area contributed by atoms with Gasteiger partial charge in [-0.3, -0.25) is 13.9 Å². The Balaban J connectivity index is 1.68. The van der Waals surface area contributed by atoms with E-state index in [9.17, 15) is 18.0 Å². The molecule has 1 unspecified atom stereocenters. The highest BCUT2D eigenvalue weighted by atomic mass is 35.5. The number of nitrogens with one attached hydrogen (secondary N) is 1. The highest BCUT2D eigenvalue weighted by Crippen LogP contribution is 2.28. The van der Waals surface area contributed by atoms with Gasteiger partial charge in [-0.1, -0.05) is 66.8 Å². The summed E-state index contributed by atoms with van der Waals surface area (Å²) in [6, 6.07) is 19.3. The molecule has 1 saturated carbocycles. The third-order valence-electron chi connectivity index (χ3n) is 7.61. The SMILES string of the molecule is COc1cccc(N(CC(=O)N(Cc2ccc(Cl)cc2)C(C)C(=O)NC2CCCCC2)S(=O)(=O)c2ccc(C)cc2)c1. The van der Waals surface area contributed by atoms with Crippen molar-refractivity contribution in [3.8, 4) is 5.75 Å². The Morgan fingerprint density at radius 2 is 1.67 bits per heavy atom. The zero-order chi connectivity index (χ0) is 30.3. The number of rotatable bonds is 11. The van der Waals surface area contributed by atoms with Crippen LogP contribution in [0.5, 0.6) is 5.75 Å². The molecule has 0 bridgehead atoms. The molecule has 8 nitrogen and oxygen atoms in total. The average molecular weight is 612 g/mol. The minimum absolute atomic E-state index is 0.0519. The summed E-state index contributed by atoms with van der Waals surface area (Å²) in [6.07, 6.45) is 5.07. The first-order chi connectivity index (χ1) is 20.1. The number of carbonyl (C=O) groups excluding carboxylic acids is 2. The van der Waals surface area contributed by atoms with E-state index in [0.29, 0.717) is 10.8 Å². The summed E-state index contributed by atoms with van der Waals surface area (Å²) in [5.41, 5.74) is 1.94. The van der Waals surface area contributed by atoms with Crippen LogP contribution in [0.3, 0.4) is 0 Å². The lowest BCUT2D eigenvalue weighted by molar-refractivity contribution is -0.139. The average Bonchev–Trinajstić information content (AvgIpc) is 2.99. The summed E-state index contributed by atoms with van der Waals surface area (Å²) in [6.45, 7) is 3.13. The van der Waals surface area contributed by atoms with Crippen molar-refractivity contribution in [1.82, 2.24) is 10.2 Å². The minimum atomic E-state index is -4.16. The van der Waals surface area contributed by atoms with Gasteiger partial charge in [-0.05, 0) is 68.7 Å². The molecule has 0 radical (unpaired) electrons. The normalized spacial score (nSPS) is 14.6. The number of anilines is 1. The zero-order valence-corrected chi connectivity index (χ0v) is 25.8. The monoisotopic (exact) mass is 611 g/mol. The van der Waals surface area contributed by atoms with E-state index in [1.807, 2.05) is 6.92 Å². The first-order valence-electron chi connectivity index (χ1n) is 14.2. The van der Waals surface area contributed by atoms with Crippen LogP contribution < -0.4 is 14.4 Å². The van der Waals surface area contributed by atoms with Crippen molar-refractivity contribution in [3.63, 3.8) is 0 Å². The number of hydrogen-bond acceptors (Lipinski definition) is 5. The highest BCUT2D eigenvalue weighted by Gasteiger charge is 2.33.